The number of sulfone groups is 1. The van der Waals surface area contributed by atoms with Crippen LogP contribution in [0.25, 0.3) is 0 Å². The molecule has 0 bridgehead atoms. The Balaban J connectivity index is 1.84. The van der Waals surface area contributed by atoms with E-state index in [-0.39, 0.29) is 10.8 Å². The highest BCUT2D eigenvalue weighted by atomic mass is 32.2. The van der Waals surface area contributed by atoms with Gasteiger partial charge in [0.15, 0.2) is 9.84 Å². The van der Waals surface area contributed by atoms with Gasteiger partial charge >= 0.3 is 0 Å². The number of benzene rings is 1. The van der Waals surface area contributed by atoms with Gasteiger partial charge in [-0.2, -0.15) is 0 Å². The number of likely N-dealkylation sites (N-methyl/N-ethyl adjacent to an activating group) is 1. The predicted molar refractivity (Wildman–Crippen MR) is 101 cm³/mol. The zero-order chi connectivity index (χ0) is 18.6. The van der Waals surface area contributed by atoms with E-state index >= 15 is 0 Å². The molecule has 2 rings (SSSR count). The minimum atomic E-state index is -3.22. The number of anilines is 1. The largest absolute Gasteiger partial charge is 0.325 e. The Hall–Kier alpha value is -1.44. The summed E-state index contributed by atoms with van der Waals surface area (Å²) in [5, 5.41) is 2.83. The maximum atomic E-state index is 12.2. The topological polar surface area (TPSA) is 69.7 Å². The second kappa shape index (κ2) is 8.29. The first-order valence-electron chi connectivity index (χ1n) is 8.71. The number of carbonyl (C=O) groups excluding carboxylic acids is 1. The summed E-state index contributed by atoms with van der Waals surface area (Å²) in [5.74, 6) is -0.0825. The van der Waals surface area contributed by atoms with E-state index in [1.807, 2.05) is 7.05 Å². The molecule has 1 aromatic carbocycles. The first kappa shape index (κ1) is 19.9. The SMILES string of the molecule is CC(C)N1CCC(N(C)CC(=O)Nc2ccc(S(C)(=O)=O)cc2)CC1. The molecule has 0 saturated carbocycles. The summed E-state index contributed by atoms with van der Waals surface area (Å²) >= 11 is 0. The van der Waals surface area contributed by atoms with Crippen molar-refractivity contribution in [2.75, 3.05) is 38.3 Å². The van der Waals surface area contributed by atoms with E-state index in [1.165, 1.54) is 18.4 Å². The van der Waals surface area contributed by atoms with E-state index in [2.05, 4.69) is 29.0 Å². The van der Waals surface area contributed by atoms with Crippen molar-refractivity contribution in [2.45, 2.75) is 43.7 Å². The number of hydrogen-bond donors (Lipinski definition) is 1. The van der Waals surface area contributed by atoms with Gasteiger partial charge in [0.2, 0.25) is 5.91 Å². The number of nitrogens with one attached hydrogen (secondary N) is 1. The fourth-order valence-corrected chi connectivity index (χ4v) is 3.82. The van der Waals surface area contributed by atoms with Crippen LogP contribution in [0.3, 0.4) is 0 Å². The average Bonchev–Trinajstić information content (AvgIpc) is 2.54. The molecule has 140 valence electrons. The molecule has 1 N–H and O–H groups in total. The predicted octanol–water partition coefficient (Wildman–Crippen LogP) is 1.83. The molecule has 1 aliphatic rings. The lowest BCUT2D eigenvalue weighted by Gasteiger charge is -2.38. The van der Waals surface area contributed by atoms with Crippen LogP contribution in [0.1, 0.15) is 26.7 Å². The second-order valence-electron chi connectivity index (χ2n) is 7.12. The van der Waals surface area contributed by atoms with Gasteiger partial charge in [0.1, 0.15) is 0 Å². The third-order valence-corrected chi connectivity index (χ3v) is 5.94. The molecule has 1 saturated heterocycles. The second-order valence-corrected chi connectivity index (χ2v) is 9.14. The molecule has 1 heterocycles. The normalized spacial score (nSPS) is 17.2. The molecular weight excluding hydrogens is 338 g/mol. The lowest BCUT2D eigenvalue weighted by Crippen LogP contribution is -2.47. The van der Waals surface area contributed by atoms with Gasteiger partial charge in [-0.15, -0.1) is 0 Å². The summed E-state index contributed by atoms with van der Waals surface area (Å²) in [6.07, 6.45) is 3.32. The van der Waals surface area contributed by atoms with Crippen molar-refractivity contribution in [1.82, 2.24) is 9.80 Å². The first-order valence-corrected chi connectivity index (χ1v) is 10.6. The molecule has 7 heteroatoms. The Labute approximate surface area is 151 Å². The summed E-state index contributed by atoms with van der Waals surface area (Å²) in [7, 11) is -1.23. The minimum Gasteiger partial charge on any atom is -0.325 e. The van der Waals surface area contributed by atoms with Gasteiger partial charge in [0.05, 0.1) is 11.4 Å². The van der Waals surface area contributed by atoms with Gasteiger partial charge in [0.25, 0.3) is 0 Å². The zero-order valence-electron chi connectivity index (χ0n) is 15.5. The molecule has 6 nitrogen and oxygen atoms in total. The van der Waals surface area contributed by atoms with E-state index in [1.54, 1.807) is 12.1 Å². The minimum absolute atomic E-state index is 0.0825. The summed E-state index contributed by atoms with van der Waals surface area (Å²) in [4.78, 5) is 17.1. The van der Waals surface area contributed by atoms with Crippen LogP contribution in [0.2, 0.25) is 0 Å². The molecule has 0 radical (unpaired) electrons. The van der Waals surface area contributed by atoms with Crippen LogP contribution >= 0.6 is 0 Å². The molecule has 1 aliphatic heterocycles. The van der Waals surface area contributed by atoms with Gasteiger partial charge in [-0.3, -0.25) is 9.69 Å². The van der Waals surface area contributed by atoms with Gasteiger partial charge in [0, 0.05) is 24.0 Å². The van der Waals surface area contributed by atoms with Crippen LogP contribution in [0.5, 0.6) is 0 Å². The first-order chi connectivity index (χ1) is 11.7. The van der Waals surface area contributed by atoms with Crippen molar-refractivity contribution in [3.05, 3.63) is 24.3 Å². The van der Waals surface area contributed by atoms with Crippen molar-refractivity contribution in [1.29, 1.82) is 0 Å². The lowest BCUT2D eigenvalue weighted by atomic mass is 10.0. The van der Waals surface area contributed by atoms with Crippen molar-refractivity contribution in [2.24, 2.45) is 0 Å². The summed E-state index contributed by atoms with van der Waals surface area (Å²) < 4.78 is 22.9. The van der Waals surface area contributed by atoms with Crippen molar-refractivity contribution < 1.29 is 13.2 Å². The molecule has 0 unspecified atom stereocenters. The molecule has 0 aromatic heterocycles. The Morgan fingerprint density at radius 1 is 1.24 bits per heavy atom. The van der Waals surface area contributed by atoms with Crippen LogP contribution in [-0.2, 0) is 14.6 Å². The van der Waals surface area contributed by atoms with Gasteiger partial charge in [-0.25, -0.2) is 8.42 Å². The molecule has 0 aliphatic carbocycles. The lowest BCUT2D eigenvalue weighted by molar-refractivity contribution is -0.117. The smallest absolute Gasteiger partial charge is 0.238 e. The average molecular weight is 368 g/mol. The fourth-order valence-electron chi connectivity index (χ4n) is 3.18. The zero-order valence-corrected chi connectivity index (χ0v) is 16.3. The standard InChI is InChI=1S/C18H29N3O3S/c1-14(2)21-11-9-16(10-12-21)20(3)13-18(22)19-15-5-7-17(8-6-15)25(4,23)24/h5-8,14,16H,9-13H2,1-4H3,(H,19,22). The highest BCUT2D eigenvalue weighted by Gasteiger charge is 2.24. The Kier molecular flexibility index (Phi) is 6.59. The quantitative estimate of drug-likeness (QED) is 0.831. The molecule has 25 heavy (non-hydrogen) atoms. The molecule has 0 atom stereocenters. The van der Waals surface area contributed by atoms with E-state index in [0.717, 1.165) is 25.9 Å². The van der Waals surface area contributed by atoms with Crippen LogP contribution in [-0.4, -0.2) is 69.1 Å². The van der Waals surface area contributed by atoms with E-state index in [0.29, 0.717) is 24.3 Å². The van der Waals surface area contributed by atoms with E-state index in [9.17, 15) is 13.2 Å². The van der Waals surface area contributed by atoms with Crippen molar-refractivity contribution in [3.63, 3.8) is 0 Å². The molecule has 1 aromatic rings. The van der Waals surface area contributed by atoms with Gasteiger partial charge < -0.3 is 10.2 Å². The highest BCUT2D eigenvalue weighted by Crippen LogP contribution is 2.18. The Morgan fingerprint density at radius 2 is 1.80 bits per heavy atom. The monoisotopic (exact) mass is 367 g/mol. The van der Waals surface area contributed by atoms with Crippen LogP contribution in [0.15, 0.2) is 29.2 Å². The molecular formula is C18H29N3O3S. The van der Waals surface area contributed by atoms with Gasteiger partial charge in [-0.05, 0) is 71.1 Å². The number of nitrogens with zero attached hydrogens (tertiary/aromatic N) is 2. The van der Waals surface area contributed by atoms with Crippen LogP contribution in [0.4, 0.5) is 5.69 Å². The number of carbonyl (C=O) groups is 1. The maximum absolute atomic E-state index is 12.2. The Morgan fingerprint density at radius 3 is 2.28 bits per heavy atom. The summed E-state index contributed by atoms with van der Waals surface area (Å²) in [5.41, 5.74) is 0.612. The van der Waals surface area contributed by atoms with Crippen molar-refractivity contribution >= 4 is 21.4 Å². The third-order valence-electron chi connectivity index (χ3n) is 4.81. The summed E-state index contributed by atoms with van der Waals surface area (Å²) in [6, 6.07) is 7.26. The number of likely N-dealkylation sites (tertiary alicyclic amines) is 1. The van der Waals surface area contributed by atoms with E-state index < -0.39 is 9.84 Å². The number of hydrogen-bond acceptors (Lipinski definition) is 5. The third kappa shape index (κ3) is 5.80. The van der Waals surface area contributed by atoms with Gasteiger partial charge in [-0.1, -0.05) is 0 Å². The fraction of sp³-hybridized carbons (Fsp3) is 0.611. The summed E-state index contributed by atoms with van der Waals surface area (Å²) in [6.45, 7) is 6.90. The van der Waals surface area contributed by atoms with Crippen LogP contribution in [0, 0.1) is 0 Å². The maximum Gasteiger partial charge on any atom is 0.238 e. The van der Waals surface area contributed by atoms with Crippen LogP contribution < -0.4 is 5.32 Å². The molecule has 1 fully saturated rings. The van der Waals surface area contributed by atoms with E-state index in [4.69, 9.17) is 0 Å². The van der Waals surface area contributed by atoms with Crippen molar-refractivity contribution in [3.8, 4) is 0 Å². The molecule has 1 amide bonds. The number of piperidine rings is 1. The number of amides is 1. The highest BCUT2D eigenvalue weighted by molar-refractivity contribution is 7.90. The molecule has 0 spiro atoms. The Bertz CT molecular complexity index is 678. The number of rotatable bonds is 6.